The first-order valence-corrected chi connectivity index (χ1v) is 28.3. The van der Waals surface area contributed by atoms with E-state index in [4.69, 9.17) is 39.7 Å². The molecule has 15 atom stereocenters. The molecule has 10 rings (SSSR count). The van der Waals surface area contributed by atoms with Crippen molar-refractivity contribution in [2.75, 3.05) is 18.1 Å². The zero-order valence-corrected chi connectivity index (χ0v) is 43.7. The summed E-state index contributed by atoms with van der Waals surface area (Å²) in [4.78, 5) is 120. The standard InChI is InChI=1S/C40H51N14O22P3/c1-16-9-51(38(60)49-36(16)58)25-4-19(56)24(72-25)11-69-40(31-20(57)5-27(73-31)54-15-48-30-33(42)44-13-46-35(30)54,7-22-18(55)3-26(70-22)53-14-47-29-32(41)43-12-45-34(29)53)8-23-21(74-78(65,66)76-79(67,68)75-77(62,63)64)6-28(71-23)52-10-17(2)37(59)50-39(52)61/h9-10,12-15,18-28,31,55-57H,3-8,11H2,1-2H3,(H,65,66)(H,67,68)(H2,41,43,45)(H2,42,44,46)(H,49,58,60)(H,50,59,61)(H2,62,63,64)/t18-,19-,20-,21-,22+,23+,24+,25+,26+,27+,28+,31-,40?/m0/s1. The lowest BCUT2D eigenvalue weighted by atomic mass is 9.80. The van der Waals surface area contributed by atoms with Gasteiger partial charge in [-0.1, -0.05) is 0 Å². The van der Waals surface area contributed by atoms with E-state index in [0.29, 0.717) is 0 Å². The molecule has 36 nitrogen and oxygen atoms in total. The first kappa shape index (κ1) is 56.4. The molecule has 0 saturated carbocycles. The second-order valence-corrected chi connectivity index (χ2v) is 23.6. The number of nitrogens with zero attached hydrogens (tertiary/aromatic N) is 10. The number of rotatable bonds is 18. The minimum Gasteiger partial charge on any atom is -0.390 e. The van der Waals surface area contributed by atoms with Gasteiger partial charge >= 0.3 is 34.8 Å². The minimum atomic E-state index is -6.14. The van der Waals surface area contributed by atoms with Crippen LogP contribution >= 0.6 is 23.5 Å². The number of aryl methyl sites for hydroxylation is 2. The number of nitrogens with two attached hydrogens (primary N) is 2. The highest BCUT2D eigenvalue weighted by Gasteiger charge is 2.58. The molecular weight excluding hydrogens is 1120 g/mol. The van der Waals surface area contributed by atoms with Gasteiger partial charge in [0.1, 0.15) is 72.5 Å². The summed E-state index contributed by atoms with van der Waals surface area (Å²) >= 11 is 0. The van der Waals surface area contributed by atoms with E-state index >= 15 is 0 Å². The molecule has 39 heteroatoms. The molecule has 10 heterocycles. The van der Waals surface area contributed by atoms with Crippen LogP contribution in [0.4, 0.5) is 11.6 Å². The van der Waals surface area contributed by atoms with Gasteiger partial charge in [-0.3, -0.25) is 42.3 Å². The third-order valence-corrected chi connectivity index (χ3v) is 17.7. The molecule has 4 aliphatic rings. The van der Waals surface area contributed by atoms with Crippen molar-refractivity contribution in [3.05, 3.63) is 90.5 Å². The van der Waals surface area contributed by atoms with Crippen LogP contribution in [0, 0.1) is 13.8 Å². The number of phosphoric acid groups is 3. The van der Waals surface area contributed by atoms with Gasteiger partial charge in [-0.05, 0) is 13.8 Å². The van der Waals surface area contributed by atoms with Crippen LogP contribution in [0.5, 0.6) is 0 Å². The molecule has 0 amide bonds. The Kier molecular flexibility index (Phi) is 15.2. The molecule has 428 valence electrons. The van der Waals surface area contributed by atoms with Crippen molar-refractivity contribution in [2.45, 2.75) is 132 Å². The van der Waals surface area contributed by atoms with E-state index in [1.54, 1.807) is 0 Å². The monoisotopic (exact) mass is 1170 g/mol. The summed E-state index contributed by atoms with van der Waals surface area (Å²) in [5.41, 5.74) is 7.40. The van der Waals surface area contributed by atoms with E-state index in [0.717, 1.165) is 21.7 Å². The summed E-state index contributed by atoms with van der Waals surface area (Å²) in [5, 5.41) is 36.0. The summed E-state index contributed by atoms with van der Waals surface area (Å²) in [5.74, 6) is 0.0322. The summed E-state index contributed by atoms with van der Waals surface area (Å²) < 4.78 is 89.1. The van der Waals surface area contributed by atoms with E-state index in [9.17, 15) is 67.8 Å². The molecule has 0 bridgehead atoms. The van der Waals surface area contributed by atoms with Crippen LogP contribution in [-0.4, -0.2) is 154 Å². The number of imidazole rings is 2. The van der Waals surface area contributed by atoms with Gasteiger partial charge in [0.15, 0.2) is 22.9 Å². The number of aromatic amines is 2. The zero-order chi connectivity index (χ0) is 56.7. The maximum Gasteiger partial charge on any atom is 0.490 e. The van der Waals surface area contributed by atoms with Crippen molar-refractivity contribution in [1.82, 2.24) is 58.1 Å². The molecule has 4 aliphatic heterocycles. The molecule has 6 aromatic heterocycles. The molecule has 6 aromatic rings. The third kappa shape index (κ3) is 11.6. The van der Waals surface area contributed by atoms with Gasteiger partial charge in [-0.25, -0.2) is 53.2 Å². The fourth-order valence-corrected chi connectivity index (χ4v) is 13.5. The zero-order valence-electron chi connectivity index (χ0n) is 41.1. The Morgan fingerprint density at radius 2 is 1.09 bits per heavy atom. The van der Waals surface area contributed by atoms with E-state index < -0.39 is 151 Å². The van der Waals surface area contributed by atoms with Crippen LogP contribution in [0.1, 0.15) is 74.6 Å². The number of aromatic nitrogens is 12. The molecule has 79 heavy (non-hydrogen) atoms. The van der Waals surface area contributed by atoms with E-state index in [1.165, 1.54) is 48.2 Å². The second-order valence-electron chi connectivity index (χ2n) is 19.2. The third-order valence-electron chi connectivity index (χ3n) is 13.8. The predicted molar refractivity (Wildman–Crippen MR) is 260 cm³/mol. The lowest BCUT2D eigenvalue weighted by Gasteiger charge is -2.44. The van der Waals surface area contributed by atoms with Crippen LogP contribution in [0.3, 0.4) is 0 Å². The Labute approximate surface area is 440 Å². The summed E-state index contributed by atoms with van der Waals surface area (Å²) in [6, 6.07) is 0. The van der Waals surface area contributed by atoms with Crippen LogP contribution in [0.2, 0.25) is 0 Å². The molecule has 13 N–H and O–H groups in total. The molecule has 4 fully saturated rings. The predicted octanol–water partition coefficient (Wildman–Crippen LogP) is -1.97. The highest BCUT2D eigenvalue weighted by Crippen LogP contribution is 2.67. The van der Waals surface area contributed by atoms with E-state index in [-0.39, 0.29) is 64.4 Å². The van der Waals surface area contributed by atoms with Crippen molar-refractivity contribution in [3.63, 3.8) is 0 Å². The van der Waals surface area contributed by atoms with Crippen molar-refractivity contribution in [3.8, 4) is 0 Å². The Morgan fingerprint density at radius 1 is 0.620 bits per heavy atom. The fourth-order valence-electron chi connectivity index (χ4n) is 10.2. The van der Waals surface area contributed by atoms with Crippen molar-refractivity contribution < 1.29 is 85.4 Å². The first-order chi connectivity index (χ1) is 37.2. The summed E-state index contributed by atoms with van der Waals surface area (Å²) in [6.07, 6.45) is -12.8. The average Bonchev–Trinajstić information content (AvgIpc) is 4.25. The Morgan fingerprint density at radius 3 is 1.65 bits per heavy atom. The maximum absolute atomic E-state index is 13.7. The van der Waals surface area contributed by atoms with Gasteiger partial charge in [-0.15, -0.1) is 0 Å². The molecule has 0 aliphatic carbocycles. The number of aliphatic hydroxyl groups is 3. The Balaban J connectivity index is 1.08. The van der Waals surface area contributed by atoms with Crippen molar-refractivity contribution in [2.24, 2.45) is 0 Å². The normalized spacial score (nSPS) is 29.8. The van der Waals surface area contributed by atoms with Gasteiger partial charge in [0, 0.05) is 62.0 Å². The minimum absolute atomic E-state index is 0.00208. The SMILES string of the molecule is Cc1cn([C@H]2C[C@H](OP(=O)(O)OP(=O)(O)OP(=O)(O)O)[C@@H](CC(C[C@H]3O[C@@H](n4cnc5c(N)ncnc54)C[C@@H]3O)(OC[C@H]3O[C@@H](n4cc(C)c(=O)[nH]c4=O)C[C@@H]3O)[C@H]3O[C@@H](n4cnc5c(N)ncnc54)C[C@@H]3O)O2)c(=O)[nH]c1=O. The first-order valence-electron chi connectivity index (χ1n) is 23.8. The van der Waals surface area contributed by atoms with Gasteiger partial charge in [0.25, 0.3) is 11.1 Å². The van der Waals surface area contributed by atoms with Gasteiger partial charge in [0.2, 0.25) is 0 Å². The largest absolute Gasteiger partial charge is 0.490 e. The van der Waals surface area contributed by atoms with Crippen LogP contribution in [0.25, 0.3) is 22.3 Å². The molecule has 4 saturated heterocycles. The Hall–Kier alpha value is -5.85. The number of ether oxygens (including phenoxy) is 5. The van der Waals surface area contributed by atoms with Crippen LogP contribution in [0.15, 0.2) is 56.9 Å². The van der Waals surface area contributed by atoms with Crippen LogP contribution < -0.4 is 34.0 Å². The highest BCUT2D eigenvalue weighted by molar-refractivity contribution is 7.66. The average molecular weight is 1170 g/mol. The number of hydrogen-bond donors (Lipinski definition) is 11. The molecule has 0 aromatic carbocycles. The van der Waals surface area contributed by atoms with E-state index in [2.05, 4.69) is 48.5 Å². The lowest BCUT2D eigenvalue weighted by molar-refractivity contribution is -0.221. The topological polar surface area (TPSA) is 516 Å². The lowest BCUT2D eigenvalue weighted by Crippen LogP contribution is -2.56. The molecule has 0 radical (unpaired) electrons. The second kappa shape index (κ2) is 21.2. The van der Waals surface area contributed by atoms with Crippen molar-refractivity contribution in [1.29, 1.82) is 0 Å². The smallest absolute Gasteiger partial charge is 0.390 e. The number of phosphoric ester groups is 1. The van der Waals surface area contributed by atoms with E-state index in [1.807, 2.05) is 0 Å². The number of H-pyrrole nitrogens is 2. The number of nitrogens with one attached hydrogen (secondary N) is 2. The number of aliphatic hydroxyl groups excluding tert-OH is 3. The molecule has 0 spiro atoms. The molecule has 3 unspecified atom stereocenters. The van der Waals surface area contributed by atoms with Gasteiger partial charge in [0.05, 0.1) is 49.8 Å². The summed E-state index contributed by atoms with van der Waals surface area (Å²) in [7, 11) is -18.1. The van der Waals surface area contributed by atoms with Gasteiger partial charge < -0.3 is 70.0 Å². The quantitative estimate of drug-likeness (QED) is 0.0416. The number of fused-ring (bicyclic) bond motifs is 2. The number of hydrogen-bond acceptors (Lipinski definition) is 26. The number of anilines is 2. The Bertz CT molecular complexity index is 3700. The van der Waals surface area contributed by atoms with Crippen molar-refractivity contribution >= 4 is 57.4 Å². The summed E-state index contributed by atoms with van der Waals surface area (Å²) in [6.45, 7) is 2.11. The van der Waals surface area contributed by atoms with Crippen LogP contribution in [-0.2, 0) is 50.5 Å². The highest BCUT2D eigenvalue weighted by atomic mass is 31.3. The fraction of sp³-hybridized carbons (Fsp3) is 0.550. The maximum atomic E-state index is 13.7. The number of nitrogen functional groups attached to an aromatic ring is 2. The van der Waals surface area contributed by atoms with Gasteiger partial charge in [-0.2, -0.15) is 8.62 Å². The molecular formula is C40H51N14O22P3.